The van der Waals surface area contributed by atoms with Gasteiger partial charge in [0.2, 0.25) is 0 Å². The Morgan fingerprint density at radius 3 is 2.51 bits per heavy atom. The van der Waals surface area contributed by atoms with Crippen molar-refractivity contribution in [2.45, 2.75) is 64.5 Å². The molecule has 2 aliphatic rings. The fourth-order valence-electron chi connectivity index (χ4n) is 5.37. The lowest BCUT2D eigenvalue weighted by Crippen LogP contribution is -2.49. The van der Waals surface area contributed by atoms with Gasteiger partial charge < -0.3 is 20.3 Å². The van der Waals surface area contributed by atoms with Gasteiger partial charge in [0.15, 0.2) is 0 Å². The molecule has 3 heterocycles. The number of pyridine rings is 2. The molecule has 2 aromatic heterocycles. The van der Waals surface area contributed by atoms with E-state index in [0.717, 1.165) is 73.3 Å². The number of amides is 2. The van der Waals surface area contributed by atoms with Gasteiger partial charge in [-0.2, -0.15) is 0 Å². The zero-order valence-electron chi connectivity index (χ0n) is 23.2. The molecule has 2 N–H and O–H groups in total. The van der Waals surface area contributed by atoms with Gasteiger partial charge in [-0.3, -0.25) is 9.78 Å². The quantitative estimate of drug-likeness (QED) is 0.405. The van der Waals surface area contributed by atoms with Crippen LogP contribution in [0.1, 0.15) is 61.8 Å². The summed E-state index contributed by atoms with van der Waals surface area (Å²) in [4.78, 5) is 36.5. The standard InChI is InChI=1S/C30H32F3N5O3/c1-30(2,3)41-29(40)35-17-7-6-14-38(16-17)27-18-8-4-11-22(18)34-15-24(27)37-28(39)23-13-12-21(33)26(36-23)25-19(31)9-5-10-20(25)32/h5,9-10,12-13,15,17H,4,6-8,11,14,16H2,1-3H3,(H,35,40)(H,37,39). The summed E-state index contributed by atoms with van der Waals surface area (Å²) >= 11 is 0. The lowest BCUT2D eigenvalue weighted by molar-refractivity contribution is 0.0500. The number of nitrogens with one attached hydrogen (secondary N) is 2. The van der Waals surface area contributed by atoms with Crippen molar-refractivity contribution < 1.29 is 27.5 Å². The molecule has 1 fully saturated rings. The molecule has 3 aromatic rings. The third-order valence-electron chi connectivity index (χ3n) is 7.06. The third-order valence-corrected chi connectivity index (χ3v) is 7.06. The van der Waals surface area contributed by atoms with E-state index in [1.165, 1.54) is 6.07 Å². The van der Waals surface area contributed by atoms with Gasteiger partial charge in [-0.1, -0.05) is 6.07 Å². The highest BCUT2D eigenvalue weighted by atomic mass is 19.1. The molecule has 0 radical (unpaired) electrons. The smallest absolute Gasteiger partial charge is 0.407 e. The minimum Gasteiger partial charge on any atom is -0.444 e. The van der Waals surface area contributed by atoms with E-state index in [4.69, 9.17) is 4.74 Å². The lowest BCUT2D eigenvalue weighted by atomic mass is 10.0. The van der Waals surface area contributed by atoms with E-state index in [0.29, 0.717) is 18.8 Å². The number of aryl methyl sites for hydroxylation is 1. The van der Waals surface area contributed by atoms with Crippen LogP contribution in [0, 0.1) is 17.5 Å². The summed E-state index contributed by atoms with van der Waals surface area (Å²) in [5, 5.41) is 5.79. The molecule has 5 rings (SSSR count). The molecular weight excluding hydrogens is 535 g/mol. The second-order valence-electron chi connectivity index (χ2n) is 11.3. The van der Waals surface area contributed by atoms with Crippen LogP contribution in [0.2, 0.25) is 0 Å². The summed E-state index contributed by atoms with van der Waals surface area (Å²) in [5.74, 6) is -3.61. The first-order chi connectivity index (χ1) is 19.5. The molecule has 8 nitrogen and oxygen atoms in total. The molecule has 1 aliphatic heterocycles. The van der Waals surface area contributed by atoms with Crippen molar-refractivity contribution in [2.75, 3.05) is 23.3 Å². The van der Waals surface area contributed by atoms with Gasteiger partial charge in [-0.25, -0.2) is 22.9 Å². The molecule has 41 heavy (non-hydrogen) atoms. The Morgan fingerprint density at radius 1 is 1.02 bits per heavy atom. The zero-order chi connectivity index (χ0) is 29.3. The van der Waals surface area contributed by atoms with E-state index >= 15 is 0 Å². The number of piperidine rings is 1. The lowest BCUT2D eigenvalue weighted by Gasteiger charge is -2.37. The fraction of sp³-hybridized carbons (Fsp3) is 0.400. The van der Waals surface area contributed by atoms with Gasteiger partial charge in [0.05, 0.1) is 23.1 Å². The molecule has 1 saturated heterocycles. The third kappa shape index (κ3) is 6.28. The molecular formula is C30H32F3N5O3. The Hall–Kier alpha value is -4.15. The van der Waals surface area contributed by atoms with E-state index < -0.39 is 46.3 Å². The molecule has 2 amide bonds. The van der Waals surface area contributed by atoms with Gasteiger partial charge >= 0.3 is 6.09 Å². The van der Waals surface area contributed by atoms with Crippen molar-refractivity contribution >= 4 is 23.4 Å². The van der Waals surface area contributed by atoms with E-state index in [9.17, 15) is 22.8 Å². The molecule has 0 saturated carbocycles. The number of carbonyl (C=O) groups excluding carboxylic acids is 2. The normalized spacial score (nSPS) is 16.7. The van der Waals surface area contributed by atoms with Gasteiger partial charge in [0, 0.05) is 24.8 Å². The van der Waals surface area contributed by atoms with Crippen LogP contribution >= 0.6 is 0 Å². The molecule has 11 heteroatoms. The number of ether oxygens (including phenoxy) is 1. The summed E-state index contributed by atoms with van der Waals surface area (Å²) in [6.07, 6.45) is 5.22. The zero-order valence-corrected chi connectivity index (χ0v) is 23.2. The van der Waals surface area contributed by atoms with E-state index in [1.807, 2.05) is 0 Å². The van der Waals surface area contributed by atoms with Crippen molar-refractivity contribution in [3.63, 3.8) is 0 Å². The predicted octanol–water partition coefficient (Wildman–Crippen LogP) is 5.80. The number of rotatable bonds is 5. The molecule has 1 unspecified atom stereocenters. The Kier molecular flexibility index (Phi) is 7.88. The SMILES string of the molecule is CC(C)(C)OC(=O)NC1CCCN(c2c(NC(=O)c3ccc(F)c(-c4c(F)cccc4F)n3)cnc3c2CCC3)C1. The van der Waals surface area contributed by atoms with Crippen molar-refractivity contribution in [1.29, 1.82) is 0 Å². The number of fused-ring (bicyclic) bond motifs is 1. The number of aromatic nitrogens is 2. The second-order valence-corrected chi connectivity index (χ2v) is 11.3. The minimum atomic E-state index is -0.987. The largest absolute Gasteiger partial charge is 0.444 e. The average Bonchev–Trinajstić information content (AvgIpc) is 3.37. The van der Waals surface area contributed by atoms with Crippen LogP contribution in [0.4, 0.5) is 29.3 Å². The fourth-order valence-corrected chi connectivity index (χ4v) is 5.37. The highest BCUT2D eigenvalue weighted by Crippen LogP contribution is 2.38. The summed E-state index contributed by atoms with van der Waals surface area (Å²) in [5.41, 5.74) is 1.19. The first-order valence-corrected chi connectivity index (χ1v) is 13.7. The molecule has 1 atom stereocenters. The van der Waals surface area contributed by atoms with Crippen LogP contribution < -0.4 is 15.5 Å². The van der Waals surface area contributed by atoms with Crippen LogP contribution in [-0.4, -0.2) is 46.7 Å². The van der Waals surface area contributed by atoms with Crippen LogP contribution in [0.3, 0.4) is 0 Å². The number of alkyl carbamates (subject to hydrolysis) is 1. The maximum atomic E-state index is 14.6. The molecule has 1 aromatic carbocycles. The van der Waals surface area contributed by atoms with Gasteiger partial charge in [0.1, 0.15) is 34.4 Å². The van der Waals surface area contributed by atoms with Crippen LogP contribution in [0.15, 0.2) is 36.5 Å². The highest BCUT2D eigenvalue weighted by Gasteiger charge is 2.30. The molecule has 0 spiro atoms. The van der Waals surface area contributed by atoms with Gasteiger partial charge in [-0.05, 0) is 82.7 Å². The number of anilines is 2. The van der Waals surface area contributed by atoms with Crippen LogP contribution in [-0.2, 0) is 17.6 Å². The molecule has 216 valence electrons. The number of hydrogen-bond acceptors (Lipinski definition) is 6. The highest BCUT2D eigenvalue weighted by molar-refractivity contribution is 6.05. The number of halogens is 3. The van der Waals surface area contributed by atoms with Crippen molar-refractivity contribution in [3.8, 4) is 11.3 Å². The maximum absolute atomic E-state index is 14.6. The molecule has 1 aliphatic carbocycles. The Bertz CT molecular complexity index is 1470. The summed E-state index contributed by atoms with van der Waals surface area (Å²) in [6.45, 7) is 6.63. The Balaban J connectivity index is 1.42. The van der Waals surface area contributed by atoms with Crippen molar-refractivity contribution in [1.82, 2.24) is 15.3 Å². The summed E-state index contributed by atoms with van der Waals surface area (Å²) in [7, 11) is 0. The maximum Gasteiger partial charge on any atom is 0.407 e. The van der Waals surface area contributed by atoms with E-state index in [-0.39, 0.29) is 11.7 Å². The monoisotopic (exact) mass is 567 g/mol. The van der Waals surface area contributed by atoms with Crippen molar-refractivity contribution in [3.05, 3.63) is 70.9 Å². The van der Waals surface area contributed by atoms with E-state index in [1.54, 1.807) is 27.0 Å². The first kappa shape index (κ1) is 28.4. The van der Waals surface area contributed by atoms with Gasteiger partial charge in [-0.15, -0.1) is 0 Å². The summed E-state index contributed by atoms with van der Waals surface area (Å²) < 4.78 is 48.8. The Labute approximate surface area is 236 Å². The predicted molar refractivity (Wildman–Crippen MR) is 148 cm³/mol. The van der Waals surface area contributed by atoms with Crippen LogP contribution in [0.5, 0.6) is 0 Å². The summed E-state index contributed by atoms with van der Waals surface area (Å²) in [6, 6.07) is 5.12. The average molecular weight is 568 g/mol. The van der Waals surface area contributed by atoms with E-state index in [2.05, 4.69) is 25.5 Å². The topological polar surface area (TPSA) is 96.5 Å². The number of benzene rings is 1. The van der Waals surface area contributed by atoms with Crippen molar-refractivity contribution in [2.24, 2.45) is 0 Å². The number of hydrogen-bond donors (Lipinski definition) is 2. The first-order valence-electron chi connectivity index (χ1n) is 13.7. The van der Waals surface area contributed by atoms with Gasteiger partial charge in [0.25, 0.3) is 5.91 Å². The molecule has 0 bridgehead atoms. The number of carbonyl (C=O) groups is 2. The Morgan fingerprint density at radius 2 is 1.78 bits per heavy atom. The minimum absolute atomic E-state index is 0.163. The second kappa shape index (κ2) is 11.4. The van der Waals surface area contributed by atoms with Crippen LogP contribution in [0.25, 0.3) is 11.3 Å². The number of nitrogens with zero attached hydrogens (tertiary/aromatic N) is 3.